The smallest absolute Gasteiger partial charge is 0.462 e. The van der Waals surface area contributed by atoms with Gasteiger partial charge < -0.3 is 30.0 Å². The van der Waals surface area contributed by atoms with Crippen molar-refractivity contribution in [2.75, 3.05) is 30.9 Å². The Labute approximate surface area is 385 Å². The van der Waals surface area contributed by atoms with E-state index in [1.807, 2.05) is 16.7 Å². The number of allylic oxidation sites excluding steroid dienone is 1. The molecule has 364 valence electrons. The SMILES string of the molecule is CCCCCCCCCCCCCCCC(=O)OC[C@H](COP(=O)(O)OC[C@@H]1C=C[C@H](n2cnc3c(NC4CC4)nc(N)nc32)C1)OC(=O)CCCCCCCCCCCCCCC. The minimum atomic E-state index is -4.55. The van der Waals surface area contributed by atoms with E-state index in [1.165, 1.54) is 122 Å². The summed E-state index contributed by atoms with van der Waals surface area (Å²) in [6, 6.07) is 0.255. The first-order chi connectivity index (χ1) is 31.2. The highest BCUT2D eigenvalue weighted by Gasteiger charge is 2.30. The Morgan fingerprint density at radius 3 is 1.78 bits per heavy atom. The van der Waals surface area contributed by atoms with E-state index < -0.39 is 26.5 Å². The van der Waals surface area contributed by atoms with Gasteiger partial charge in [-0.2, -0.15) is 9.97 Å². The third-order valence-corrected chi connectivity index (χ3v) is 13.4. The fourth-order valence-corrected chi connectivity index (χ4v) is 9.19. The summed E-state index contributed by atoms with van der Waals surface area (Å²) in [5, 5.41) is 3.37. The van der Waals surface area contributed by atoms with Crippen LogP contribution in [0.25, 0.3) is 11.2 Å². The second-order valence-electron chi connectivity index (χ2n) is 18.5. The number of phosphoric ester groups is 1. The molecule has 0 saturated heterocycles. The summed E-state index contributed by atoms with van der Waals surface area (Å²) in [5.41, 5.74) is 7.30. The third kappa shape index (κ3) is 22.9. The van der Waals surface area contributed by atoms with Crippen LogP contribution >= 0.6 is 7.82 Å². The number of ether oxygens (including phenoxy) is 2. The number of nitrogen functional groups attached to an aromatic ring is 1. The Morgan fingerprint density at radius 2 is 1.25 bits per heavy atom. The van der Waals surface area contributed by atoms with Crippen molar-refractivity contribution in [1.82, 2.24) is 19.5 Å². The Kier molecular flexibility index (Phi) is 26.6. The average Bonchev–Trinajstić information content (AvgIpc) is 3.79. The molecule has 1 unspecified atom stereocenters. The van der Waals surface area contributed by atoms with E-state index in [2.05, 4.69) is 34.1 Å². The van der Waals surface area contributed by atoms with Gasteiger partial charge in [-0.05, 0) is 32.1 Å². The number of rotatable bonds is 40. The predicted molar refractivity (Wildman–Crippen MR) is 256 cm³/mol. The van der Waals surface area contributed by atoms with Crippen LogP contribution in [0.15, 0.2) is 18.5 Å². The predicted octanol–water partition coefficient (Wildman–Crippen LogP) is 12.7. The largest absolute Gasteiger partial charge is 0.472 e. The van der Waals surface area contributed by atoms with Gasteiger partial charge in [0.25, 0.3) is 0 Å². The van der Waals surface area contributed by atoms with Crippen LogP contribution < -0.4 is 11.1 Å². The number of phosphoric acid groups is 1. The molecule has 0 bridgehead atoms. The fourth-order valence-electron chi connectivity index (χ4n) is 8.38. The number of anilines is 2. The van der Waals surface area contributed by atoms with Crippen molar-refractivity contribution in [3.05, 3.63) is 18.5 Å². The number of nitrogens with two attached hydrogens (primary N) is 1. The van der Waals surface area contributed by atoms with E-state index in [0.29, 0.717) is 35.9 Å². The first-order valence-corrected chi connectivity index (χ1v) is 27.1. The summed E-state index contributed by atoms with van der Waals surface area (Å²) < 4.78 is 37.0. The van der Waals surface area contributed by atoms with Gasteiger partial charge in [0, 0.05) is 24.8 Å². The van der Waals surface area contributed by atoms with Crippen LogP contribution in [0, 0.1) is 5.92 Å². The van der Waals surface area contributed by atoms with Gasteiger partial charge in [-0.1, -0.05) is 180 Å². The molecule has 4 rings (SSSR count). The van der Waals surface area contributed by atoms with Crippen LogP contribution in [0.4, 0.5) is 11.8 Å². The number of fused-ring (bicyclic) bond motifs is 1. The number of carbonyl (C=O) groups is 2. The summed E-state index contributed by atoms with van der Waals surface area (Å²) in [6.07, 6.45) is 39.2. The lowest BCUT2D eigenvalue weighted by atomic mass is 10.0. The molecule has 4 atom stereocenters. The lowest BCUT2D eigenvalue weighted by Gasteiger charge is -2.21. The molecule has 15 heteroatoms. The molecule has 0 spiro atoms. The van der Waals surface area contributed by atoms with E-state index in [1.54, 1.807) is 6.33 Å². The monoisotopic (exact) mass is 917 g/mol. The van der Waals surface area contributed by atoms with Crippen LogP contribution in [-0.4, -0.2) is 68.3 Å². The molecule has 1 fully saturated rings. The average molecular weight is 917 g/mol. The summed E-state index contributed by atoms with van der Waals surface area (Å²) in [4.78, 5) is 49.6. The molecule has 2 aromatic rings. The summed E-state index contributed by atoms with van der Waals surface area (Å²) >= 11 is 0. The Morgan fingerprint density at radius 1 is 0.734 bits per heavy atom. The molecule has 2 heterocycles. The summed E-state index contributed by atoms with van der Waals surface area (Å²) in [7, 11) is -4.55. The Balaban J connectivity index is 1.15. The lowest BCUT2D eigenvalue weighted by molar-refractivity contribution is -0.161. The zero-order valence-corrected chi connectivity index (χ0v) is 40.6. The highest BCUT2D eigenvalue weighted by Crippen LogP contribution is 2.45. The number of carbonyl (C=O) groups excluding carboxylic acids is 2. The number of nitrogens with one attached hydrogen (secondary N) is 1. The van der Waals surface area contributed by atoms with E-state index in [9.17, 15) is 19.0 Å². The molecule has 1 saturated carbocycles. The number of esters is 2. The van der Waals surface area contributed by atoms with Crippen LogP contribution in [0.1, 0.15) is 219 Å². The second-order valence-corrected chi connectivity index (χ2v) is 19.9. The van der Waals surface area contributed by atoms with Crippen molar-refractivity contribution in [2.24, 2.45) is 5.92 Å². The van der Waals surface area contributed by atoms with Crippen LogP contribution in [0.3, 0.4) is 0 Å². The Hall–Kier alpha value is -3.06. The van der Waals surface area contributed by atoms with Crippen molar-refractivity contribution in [3.63, 3.8) is 0 Å². The van der Waals surface area contributed by atoms with Gasteiger partial charge in [-0.15, -0.1) is 0 Å². The first-order valence-electron chi connectivity index (χ1n) is 25.6. The second kappa shape index (κ2) is 31.8. The van der Waals surface area contributed by atoms with Gasteiger partial charge in [0.15, 0.2) is 23.1 Å². The molecule has 4 N–H and O–H groups in total. The zero-order valence-electron chi connectivity index (χ0n) is 39.7. The normalized spacial score (nSPS) is 17.5. The summed E-state index contributed by atoms with van der Waals surface area (Å²) in [6.45, 7) is 3.71. The van der Waals surface area contributed by atoms with E-state index in [-0.39, 0.29) is 49.9 Å². The van der Waals surface area contributed by atoms with E-state index in [0.717, 1.165) is 51.4 Å². The molecule has 0 aromatic carbocycles. The van der Waals surface area contributed by atoms with Crippen LogP contribution in [-0.2, 0) is 32.7 Å². The minimum absolute atomic E-state index is 0.0728. The van der Waals surface area contributed by atoms with Gasteiger partial charge in [-0.3, -0.25) is 18.6 Å². The minimum Gasteiger partial charge on any atom is -0.462 e. The van der Waals surface area contributed by atoms with Crippen molar-refractivity contribution < 1.29 is 37.6 Å². The number of aromatic nitrogens is 4. The molecular weight excluding hydrogens is 832 g/mol. The molecule has 2 aliphatic carbocycles. The molecule has 0 aliphatic heterocycles. The maximum Gasteiger partial charge on any atom is 0.472 e. The van der Waals surface area contributed by atoms with E-state index in [4.69, 9.17) is 24.3 Å². The first kappa shape index (κ1) is 53.6. The van der Waals surface area contributed by atoms with Crippen LogP contribution in [0.5, 0.6) is 0 Å². The van der Waals surface area contributed by atoms with Crippen molar-refractivity contribution in [2.45, 2.75) is 231 Å². The Bertz CT molecular complexity index is 1670. The zero-order chi connectivity index (χ0) is 45.7. The maximum atomic E-state index is 13.1. The number of hydrogen-bond acceptors (Lipinski definition) is 12. The van der Waals surface area contributed by atoms with Gasteiger partial charge in [0.05, 0.1) is 25.6 Å². The summed E-state index contributed by atoms with van der Waals surface area (Å²) in [5.74, 6) is -0.242. The van der Waals surface area contributed by atoms with Crippen molar-refractivity contribution >= 4 is 42.7 Å². The van der Waals surface area contributed by atoms with Crippen LogP contribution in [0.2, 0.25) is 0 Å². The number of unbranched alkanes of at least 4 members (excludes halogenated alkanes) is 24. The molecule has 0 radical (unpaired) electrons. The van der Waals surface area contributed by atoms with Crippen molar-refractivity contribution in [1.29, 1.82) is 0 Å². The van der Waals surface area contributed by atoms with Gasteiger partial charge in [0.1, 0.15) is 6.61 Å². The van der Waals surface area contributed by atoms with Crippen molar-refractivity contribution in [3.8, 4) is 0 Å². The molecular formula is C49H85N6O8P. The van der Waals surface area contributed by atoms with Gasteiger partial charge in [-0.25, -0.2) is 9.55 Å². The van der Waals surface area contributed by atoms with Gasteiger partial charge in [0.2, 0.25) is 5.95 Å². The number of imidazole rings is 1. The standard InChI is InChI=1S/C49H85N6O8P/c1-3-5-7-9-11-13-15-17-19-21-23-25-27-29-44(56)60-37-43(63-45(57)30-28-26-24-22-20-18-16-14-12-10-8-6-4-2)38-62-64(58,59)61-36-40-31-34-42(35-40)55-39-51-46-47(52-41-32-33-41)53-49(50)54-48(46)55/h31,34,39-43H,3-30,32-33,35-38H2,1-2H3,(H,58,59)(H3,50,52,53,54)/t40-,42+,43-/m1/s1. The molecule has 2 aromatic heterocycles. The quantitative estimate of drug-likeness (QED) is 0.0248. The van der Waals surface area contributed by atoms with Gasteiger partial charge >= 0.3 is 19.8 Å². The fraction of sp³-hybridized carbons (Fsp3) is 0.816. The topological polar surface area (TPSA) is 190 Å². The number of nitrogens with zero attached hydrogens (tertiary/aromatic N) is 4. The maximum absolute atomic E-state index is 13.1. The molecule has 14 nitrogen and oxygen atoms in total. The lowest BCUT2D eigenvalue weighted by Crippen LogP contribution is -2.29. The molecule has 2 aliphatic rings. The third-order valence-electron chi connectivity index (χ3n) is 12.4. The number of hydrogen-bond donors (Lipinski definition) is 3. The molecule has 0 amide bonds. The molecule has 64 heavy (non-hydrogen) atoms. The van der Waals surface area contributed by atoms with E-state index >= 15 is 0 Å². The highest BCUT2D eigenvalue weighted by atomic mass is 31.2. The highest BCUT2D eigenvalue weighted by molar-refractivity contribution is 7.47.